The van der Waals surface area contributed by atoms with E-state index in [-0.39, 0.29) is 24.3 Å². The van der Waals surface area contributed by atoms with Crippen LogP contribution in [0.5, 0.6) is 0 Å². The summed E-state index contributed by atoms with van der Waals surface area (Å²) in [5, 5.41) is 3.67. The quantitative estimate of drug-likeness (QED) is 0.905. The molecule has 1 N–H and O–H groups in total. The van der Waals surface area contributed by atoms with Gasteiger partial charge >= 0.3 is 0 Å². The predicted molar refractivity (Wildman–Crippen MR) is 73.7 cm³/mol. The van der Waals surface area contributed by atoms with Crippen molar-refractivity contribution in [2.24, 2.45) is 5.92 Å². The minimum absolute atomic E-state index is 0.00167. The van der Waals surface area contributed by atoms with Crippen LogP contribution in [0.2, 0.25) is 0 Å². The fourth-order valence-electron chi connectivity index (χ4n) is 2.12. The first-order valence-corrected chi connectivity index (χ1v) is 7.32. The van der Waals surface area contributed by atoms with Gasteiger partial charge in [0.25, 0.3) is 0 Å². The number of carbonyl (C=O) groups is 2. The lowest BCUT2D eigenvalue weighted by molar-refractivity contribution is -0.146. The Labute approximate surface area is 117 Å². The Morgan fingerprint density at radius 1 is 1.58 bits per heavy atom. The molecule has 2 heterocycles. The maximum Gasteiger partial charge on any atom is 0.246 e. The molecule has 5 nitrogen and oxygen atoms in total. The average Bonchev–Trinajstić information content (AvgIpc) is 2.78. The first-order valence-electron chi connectivity index (χ1n) is 6.50. The second-order valence-electron chi connectivity index (χ2n) is 4.99. The van der Waals surface area contributed by atoms with Gasteiger partial charge in [0, 0.05) is 11.1 Å². The Kier molecular flexibility index (Phi) is 4.19. The molecule has 2 amide bonds. The fraction of sp³-hybridized carbons (Fsp3) is 0.615. The van der Waals surface area contributed by atoms with Crippen LogP contribution in [-0.2, 0) is 16.1 Å². The lowest BCUT2D eigenvalue weighted by atomic mass is 9.96. The molecule has 1 saturated heterocycles. The summed E-state index contributed by atoms with van der Waals surface area (Å²) in [5.74, 6) is 0.0669. The maximum atomic E-state index is 12.4. The number of aryl methyl sites for hydroxylation is 1. The smallest absolute Gasteiger partial charge is 0.246 e. The van der Waals surface area contributed by atoms with E-state index in [0.29, 0.717) is 6.54 Å². The number of nitrogens with zero attached hydrogens (tertiary/aromatic N) is 2. The summed E-state index contributed by atoms with van der Waals surface area (Å²) in [7, 11) is 0. The zero-order valence-corrected chi connectivity index (χ0v) is 12.3. The number of hydrogen-bond acceptors (Lipinski definition) is 4. The van der Waals surface area contributed by atoms with Gasteiger partial charge in [-0.25, -0.2) is 4.98 Å². The molecule has 2 rings (SSSR count). The molecule has 19 heavy (non-hydrogen) atoms. The highest BCUT2D eigenvalue weighted by molar-refractivity contribution is 7.11. The number of hydrogen-bond donors (Lipinski definition) is 1. The number of rotatable bonds is 4. The summed E-state index contributed by atoms with van der Waals surface area (Å²) in [6.45, 7) is 6.54. The molecular weight excluding hydrogens is 262 g/mol. The Morgan fingerprint density at radius 2 is 2.32 bits per heavy atom. The Balaban J connectivity index is 2.11. The third kappa shape index (κ3) is 3.12. The van der Waals surface area contributed by atoms with E-state index < -0.39 is 6.04 Å². The predicted octanol–water partition coefficient (Wildman–Crippen LogP) is 1.32. The SMILES string of the molecule is CCC(C)C1NC(=O)CN(Cc2ncc(C)s2)C1=O. The van der Waals surface area contributed by atoms with Gasteiger partial charge in [0.15, 0.2) is 0 Å². The van der Waals surface area contributed by atoms with E-state index in [1.165, 1.54) is 0 Å². The van der Waals surface area contributed by atoms with Gasteiger partial charge in [-0.15, -0.1) is 11.3 Å². The second kappa shape index (κ2) is 5.69. The lowest BCUT2D eigenvalue weighted by Gasteiger charge is -2.34. The van der Waals surface area contributed by atoms with E-state index in [0.717, 1.165) is 16.3 Å². The Bertz CT molecular complexity index is 486. The van der Waals surface area contributed by atoms with Crippen LogP contribution in [0.3, 0.4) is 0 Å². The average molecular weight is 281 g/mol. The van der Waals surface area contributed by atoms with Crippen LogP contribution in [0.1, 0.15) is 30.2 Å². The molecule has 0 saturated carbocycles. The van der Waals surface area contributed by atoms with Crippen LogP contribution in [0.25, 0.3) is 0 Å². The fourth-order valence-corrected chi connectivity index (χ4v) is 2.92. The normalized spacial score (nSPS) is 21.4. The van der Waals surface area contributed by atoms with Crippen molar-refractivity contribution in [2.45, 2.75) is 39.8 Å². The minimum Gasteiger partial charge on any atom is -0.342 e. The van der Waals surface area contributed by atoms with E-state index in [2.05, 4.69) is 10.3 Å². The molecule has 0 aromatic carbocycles. The largest absolute Gasteiger partial charge is 0.342 e. The van der Waals surface area contributed by atoms with E-state index in [1.54, 1.807) is 22.4 Å². The van der Waals surface area contributed by atoms with Crippen molar-refractivity contribution in [3.8, 4) is 0 Å². The molecule has 1 fully saturated rings. The highest BCUT2D eigenvalue weighted by Gasteiger charge is 2.35. The van der Waals surface area contributed by atoms with Gasteiger partial charge in [0.2, 0.25) is 11.8 Å². The molecule has 6 heteroatoms. The third-order valence-corrected chi connectivity index (χ3v) is 4.33. The molecule has 0 radical (unpaired) electrons. The van der Waals surface area contributed by atoms with Crippen LogP contribution in [0, 0.1) is 12.8 Å². The molecule has 0 bridgehead atoms. The number of amides is 2. The monoisotopic (exact) mass is 281 g/mol. The van der Waals surface area contributed by atoms with Crippen molar-refractivity contribution in [1.29, 1.82) is 0 Å². The van der Waals surface area contributed by atoms with Gasteiger partial charge in [-0.2, -0.15) is 0 Å². The molecule has 1 aromatic rings. The number of nitrogens with one attached hydrogen (secondary N) is 1. The second-order valence-corrected chi connectivity index (χ2v) is 6.31. The molecule has 2 unspecified atom stereocenters. The van der Waals surface area contributed by atoms with Crippen molar-refractivity contribution in [2.75, 3.05) is 6.54 Å². The summed E-state index contributed by atoms with van der Waals surface area (Å²) in [5.41, 5.74) is 0. The molecule has 2 atom stereocenters. The number of thiazole rings is 1. The standard InChI is InChI=1S/C13H19N3O2S/c1-4-8(2)12-13(18)16(6-10(17)15-12)7-11-14-5-9(3)19-11/h5,8,12H,4,6-7H2,1-3H3,(H,15,17). The first-order chi connectivity index (χ1) is 9.01. The van der Waals surface area contributed by atoms with Gasteiger partial charge in [0.05, 0.1) is 6.54 Å². The molecular formula is C13H19N3O2S. The van der Waals surface area contributed by atoms with Crippen molar-refractivity contribution < 1.29 is 9.59 Å². The summed E-state index contributed by atoms with van der Waals surface area (Å²) in [6, 6.07) is -0.396. The summed E-state index contributed by atoms with van der Waals surface area (Å²) in [6.07, 6.45) is 2.65. The van der Waals surface area contributed by atoms with E-state index in [1.807, 2.05) is 20.8 Å². The number of piperazine rings is 1. The van der Waals surface area contributed by atoms with Crippen LogP contribution in [0.15, 0.2) is 6.20 Å². The Hall–Kier alpha value is -1.43. The molecule has 0 spiro atoms. The van der Waals surface area contributed by atoms with E-state index >= 15 is 0 Å². The van der Waals surface area contributed by atoms with Crippen molar-refractivity contribution in [3.05, 3.63) is 16.1 Å². The molecule has 104 valence electrons. The van der Waals surface area contributed by atoms with Gasteiger partial charge in [-0.05, 0) is 12.8 Å². The third-order valence-electron chi connectivity index (χ3n) is 3.44. The van der Waals surface area contributed by atoms with Gasteiger partial charge < -0.3 is 10.2 Å². The van der Waals surface area contributed by atoms with Gasteiger partial charge in [0.1, 0.15) is 17.6 Å². The molecule has 0 aliphatic carbocycles. The van der Waals surface area contributed by atoms with Crippen molar-refractivity contribution in [3.63, 3.8) is 0 Å². The van der Waals surface area contributed by atoms with Crippen LogP contribution < -0.4 is 5.32 Å². The van der Waals surface area contributed by atoms with E-state index in [4.69, 9.17) is 0 Å². The first kappa shape index (κ1) is 14.0. The van der Waals surface area contributed by atoms with Crippen molar-refractivity contribution >= 4 is 23.2 Å². The van der Waals surface area contributed by atoms with Crippen molar-refractivity contribution in [1.82, 2.24) is 15.2 Å². The van der Waals surface area contributed by atoms with Crippen LogP contribution in [-0.4, -0.2) is 34.3 Å². The Morgan fingerprint density at radius 3 is 2.89 bits per heavy atom. The molecule has 1 aromatic heterocycles. The highest BCUT2D eigenvalue weighted by Crippen LogP contribution is 2.18. The van der Waals surface area contributed by atoms with Gasteiger partial charge in [-0.3, -0.25) is 9.59 Å². The molecule has 1 aliphatic rings. The summed E-state index contributed by atoms with van der Waals surface area (Å²) in [4.78, 5) is 31.1. The zero-order chi connectivity index (χ0) is 14.0. The lowest BCUT2D eigenvalue weighted by Crippen LogP contribution is -2.59. The topological polar surface area (TPSA) is 62.3 Å². The molecule has 1 aliphatic heterocycles. The summed E-state index contributed by atoms with van der Waals surface area (Å²) >= 11 is 1.56. The minimum atomic E-state index is -0.396. The van der Waals surface area contributed by atoms with Crippen LogP contribution in [0.4, 0.5) is 0 Å². The summed E-state index contributed by atoms with van der Waals surface area (Å²) < 4.78 is 0. The number of carbonyl (C=O) groups excluding carboxylic acids is 2. The number of aromatic nitrogens is 1. The highest BCUT2D eigenvalue weighted by atomic mass is 32.1. The van der Waals surface area contributed by atoms with Gasteiger partial charge in [-0.1, -0.05) is 20.3 Å². The van der Waals surface area contributed by atoms with Crippen LogP contribution >= 0.6 is 11.3 Å². The maximum absolute atomic E-state index is 12.4. The van der Waals surface area contributed by atoms with E-state index in [9.17, 15) is 9.59 Å². The zero-order valence-electron chi connectivity index (χ0n) is 11.5.